The van der Waals surface area contributed by atoms with Gasteiger partial charge in [-0.3, -0.25) is 4.79 Å². The SMILES string of the molecule is CC/C=C\C/C=C\C/C=C\C/C=C\C/C=C\C/C=C\C/C=C\C/C=C\C/C=C\CCCCCCCC(=O)NC(COC1OC(CO)C(OC2OC(CO)C(OC3OC(CO)C(O)C(O)C3O)C(O)C2O)C(O)C1O)C(O)/C=C/CC/C=C/CCCCCCCCCCCCCCCCCCCCCCCCCC. The van der Waals surface area contributed by atoms with Crippen molar-refractivity contribution in [3.63, 3.8) is 0 Å². The number of carbonyl (C=O) groups is 1. The quantitative estimate of drug-likeness (QED) is 0.0199. The van der Waals surface area contributed by atoms with Gasteiger partial charge in [0.15, 0.2) is 18.9 Å². The van der Waals surface area contributed by atoms with Gasteiger partial charge in [0.05, 0.1) is 38.6 Å². The van der Waals surface area contributed by atoms with Crippen molar-refractivity contribution in [3.05, 3.63) is 134 Å². The van der Waals surface area contributed by atoms with E-state index in [1.165, 1.54) is 148 Å². The average Bonchev–Trinajstić information content (AvgIpc) is 0.779. The number of carbonyl (C=O) groups excluding carboxylic acids is 1. The topological polar surface area (TPSA) is 307 Å². The Morgan fingerprint density at radius 3 is 1.04 bits per heavy atom. The van der Waals surface area contributed by atoms with E-state index < -0.39 is 124 Å². The maximum atomic E-state index is 13.5. The summed E-state index contributed by atoms with van der Waals surface area (Å²) in [6, 6.07) is -1.01. The zero-order chi connectivity index (χ0) is 78.1. The van der Waals surface area contributed by atoms with Crippen molar-refractivity contribution < 1.29 is 89.4 Å². The summed E-state index contributed by atoms with van der Waals surface area (Å²) >= 11 is 0. The van der Waals surface area contributed by atoms with Crippen molar-refractivity contribution in [2.75, 3.05) is 26.4 Å². The second-order valence-corrected chi connectivity index (χ2v) is 29.6. The van der Waals surface area contributed by atoms with Crippen molar-refractivity contribution in [2.45, 2.75) is 394 Å². The van der Waals surface area contributed by atoms with Gasteiger partial charge in [-0.1, -0.05) is 314 Å². The Morgan fingerprint density at radius 2 is 0.648 bits per heavy atom. The van der Waals surface area contributed by atoms with Crippen molar-refractivity contribution in [3.8, 4) is 0 Å². The van der Waals surface area contributed by atoms with Crippen LogP contribution in [0, 0.1) is 0 Å². The molecule has 3 heterocycles. The van der Waals surface area contributed by atoms with E-state index in [0.29, 0.717) is 12.8 Å². The summed E-state index contributed by atoms with van der Waals surface area (Å²) in [7, 11) is 0. The Hall–Kier alpha value is -4.07. The fraction of sp³-hybridized carbons (Fsp3) is 0.742. The third-order valence-electron chi connectivity index (χ3n) is 20.2. The highest BCUT2D eigenvalue weighted by Gasteiger charge is 2.54. The molecule has 0 aromatic heterocycles. The second kappa shape index (κ2) is 67.4. The van der Waals surface area contributed by atoms with Crippen molar-refractivity contribution in [1.82, 2.24) is 5.32 Å². The first-order valence-electron chi connectivity index (χ1n) is 42.4. The van der Waals surface area contributed by atoms with E-state index >= 15 is 0 Å². The molecule has 0 aromatic rings. The van der Waals surface area contributed by atoms with Crippen LogP contribution in [0.4, 0.5) is 0 Å². The van der Waals surface area contributed by atoms with Crippen LogP contribution in [0.3, 0.4) is 0 Å². The van der Waals surface area contributed by atoms with Gasteiger partial charge >= 0.3 is 0 Å². The Bertz CT molecular complexity index is 2470. The number of hydrogen-bond acceptors (Lipinski definition) is 18. The summed E-state index contributed by atoms with van der Waals surface area (Å²) in [4.78, 5) is 13.5. The van der Waals surface area contributed by atoms with Crippen LogP contribution in [0.1, 0.15) is 290 Å². The summed E-state index contributed by atoms with van der Waals surface area (Å²) < 4.78 is 34.4. The molecule has 12 N–H and O–H groups in total. The molecule has 0 spiro atoms. The molecule has 0 radical (unpaired) electrons. The number of aliphatic hydroxyl groups excluding tert-OH is 11. The maximum absolute atomic E-state index is 13.5. The van der Waals surface area contributed by atoms with Gasteiger partial charge in [-0.25, -0.2) is 0 Å². The predicted molar refractivity (Wildman–Crippen MR) is 433 cm³/mol. The molecule has 1 amide bonds. The van der Waals surface area contributed by atoms with Crippen LogP contribution < -0.4 is 5.32 Å². The molecule has 3 fully saturated rings. The van der Waals surface area contributed by atoms with Crippen LogP contribution in [0.25, 0.3) is 0 Å². The Kier molecular flexibility index (Phi) is 61.3. The molecule has 17 atom stereocenters. The highest BCUT2D eigenvalue weighted by atomic mass is 16.8. The standard InChI is InChI=1S/C89H151NO18/c1-3-5-7-9-11-13-15-17-19-21-23-25-27-29-31-33-35-36-37-39-41-43-45-47-49-51-53-55-57-59-61-63-65-67-77(95)90-72(73(94)66-64-62-60-58-56-54-52-50-48-46-44-42-40-38-34-32-30-28-26-24-22-20-18-16-14-12-10-8-6-4-2)71-103-87-83(101)80(98)85(75(69-92)105-87)108-89-84(102)81(99)86(76(70-93)106-89)107-88-82(100)79(97)78(96)74(68-91)104-88/h5,7,11,13,17,19,23,25,29,31,35-36,39,41,45,47,51,53,56,58,64,66,72-76,78-89,91-94,96-102H,3-4,6,8-10,12,14-16,18,20-22,24,26-28,30,32-34,37-38,40,42-44,46,48-50,52,54-55,57,59-63,65,67-71H2,1-2H3,(H,90,95)/b7-5-,13-11-,19-17-,25-23-,31-29-,36-35-,41-39-,47-45-,53-51-,58-56+,66-64+. The summed E-state index contributed by atoms with van der Waals surface area (Å²) in [5.74, 6) is -0.307. The molecule has 620 valence electrons. The van der Waals surface area contributed by atoms with Gasteiger partial charge in [-0.2, -0.15) is 0 Å². The number of nitrogens with one attached hydrogen (secondary N) is 1. The highest BCUT2D eigenvalue weighted by Crippen LogP contribution is 2.33. The first-order valence-corrected chi connectivity index (χ1v) is 42.4. The number of allylic oxidation sites excluding steroid dienone is 21. The third-order valence-corrected chi connectivity index (χ3v) is 20.2. The monoisotopic (exact) mass is 1520 g/mol. The van der Waals surface area contributed by atoms with Crippen LogP contribution in [0.2, 0.25) is 0 Å². The second-order valence-electron chi connectivity index (χ2n) is 29.6. The Labute approximate surface area is 651 Å². The predicted octanol–water partition coefficient (Wildman–Crippen LogP) is 15.2. The minimum Gasteiger partial charge on any atom is -0.394 e. The van der Waals surface area contributed by atoms with Gasteiger partial charge in [0.25, 0.3) is 0 Å². The summed E-state index contributed by atoms with van der Waals surface area (Å²) in [5.41, 5.74) is 0. The van der Waals surface area contributed by atoms with E-state index in [1.54, 1.807) is 6.08 Å². The molecule has 19 heteroatoms. The van der Waals surface area contributed by atoms with Crippen molar-refractivity contribution in [1.29, 1.82) is 0 Å². The van der Waals surface area contributed by atoms with E-state index in [-0.39, 0.29) is 18.9 Å². The van der Waals surface area contributed by atoms with Crippen LogP contribution in [0.15, 0.2) is 134 Å². The van der Waals surface area contributed by atoms with Gasteiger partial charge in [-0.05, 0) is 103 Å². The van der Waals surface area contributed by atoms with Crippen LogP contribution in [-0.2, 0) is 33.2 Å². The molecule has 0 aromatic carbocycles. The molecule has 3 rings (SSSR count). The van der Waals surface area contributed by atoms with E-state index in [2.05, 4.69) is 141 Å². The lowest BCUT2D eigenvalue weighted by Crippen LogP contribution is -2.66. The smallest absolute Gasteiger partial charge is 0.220 e. The van der Waals surface area contributed by atoms with E-state index in [9.17, 15) is 61.0 Å². The minimum absolute atomic E-state index is 0.204. The van der Waals surface area contributed by atoms with Gasteiger partial charge in [-0.15, -0.1) is 0 Å². The summed E-state index contributed by atoms with van der Waals surface area (Å²) in [5, 5.41) is 121. The maximum Gasteiger partial charge on any atom is 0.220 e. The lowest BCUT2D eigenvalue weighted by Gasteiger charge is -2.48. The number of aliphatic hydroxyl groups is 11. The Balaban J connectivity index is 1.39. The van der Waals surface area contributed by atoms with Crippen LogP contribution in [-0.4, -0.2) is 193 Å². The highest BCUT2D eigenvalue weighted by molar-refractivity contribution is 5.76. The molecule has 3 aliphatic rings. The fourth-order valence-corrected chi connectivity index (χ4v) is 13.4. The zero-order valence-electron chi connectivity index (χ0n) is 66.5. The van der Waals surface area contributed by atoms with Crippen LogP contribution >= 0.6 is 0 Å². The molecular formula is C89H151NO18. The van der Waals surface area contributed by atoms with E-state index in [1.807, 2.05) is 6.08 Å². The van der Waals surface area contributed by atoms with Crippen LogP contribution in [0.5, 0.6) is 0 Å². The van der Waals surface area contributed by atoms with E-state index in [0.717, 1.165) is 109 Å². The molecular weight excluding hydrogens is 1370 g/mol. The number of rotatable bonds is 66. The normalized spacial score (nSPS) is 26.1. The molecule has 3 saturated heterocycles. The van der Waals surface area contributed by atoms with E-state index in [4.69, 9.17) is 28.4 Å². The van der Waals surface area contributed by atoms with Gasteiger partial charge in [0.1, 0.15) is 73.2 Å². The number of amides is 1. The molecule has 0 bridgehead atoms. The Morgan fingerprint density at radius 1 is 0.343 bits per heavy atom. The molecule has 3 aliphatic heterocycles. The first kappa shape index (κ1) is 98.1. The number of ether oxygens (including phenoxy) is 6. The third kappa shape index (κ3) is 46.2. The van der Waals surface area contributed by atoms with Crippen molar-refractivity contribution in [2.24, 2.45) is 0 Å². The van der Waals surface area contributed by atoms with Gasteiger partial charge in [0, 0.05) is 6.42 Å². The molecule has 108 heavy (non-hydrogen) atoms. The lowest BCUT2D eigenvalue weighted by atomic mass is 9.96. The molecule has 0 aliphatic carbocycles. The summed E-state index contributed by atoms with van der Waals surface area (Å²) in [6.07, 6.45) is 70.1. The minimum atomic E-state index is -1.99. The molecule has 17 unspecified atom stereocenters. The van der Waals surface area contributed by atoms with Gasteiger partial charge < -0.3 is 89.9 Å². The lowest BCUT2D eigenvalue weighted by molar-refractivity contribution is -0.379. The fourth-order valence-electron chi connectivity index (χ4n) is 13.4. The average molecular weight is 1520 g/mol. The summed E-state index contributed by atoms with van der Waals surface area (Å²) in [6.45, 7) is 1.60. The number of unbranched alkanes of at least 4 members (excludes halogenated alkanes) is 30. The first-order chi connectivity index (χ1) is 52.8. The molecule has 19 nitrogen and oxygen atoms in total. The zero-order valence-corrected chi connectivity index (χ0v) is 66.5. The van der Waals surface area contributed by atoms with Gasteiger partial charge in [0.2, 0.25) is 5.91 Å². The molecule has 0 saturated carbocycles. The number of hydrogen-bond donors (Lipinski definition) is 12. The largest absolute Gasteiger partial charge is 0.394 e. The van der Waals surface area contributed by atoms with Crippen molar-refractivity contribution >= 4 is 5.91 Å².